The van der Waals surface area contributed by atoms with Crippen molar-refractivity contribution in [3.05, 3.63) is 62.5 Å². The standard InChI is InChI=1S/C19H20ClIN2O2/c1-19(2,3)23-18(24)17(20)16(12-22-23)9-8-14-4-6-15(7-5-14)13-25-11-10-21/h4-7,12H,10-11,13H2,1-3H3. The Labute approximate surface area is 166 Å². The predicted molar refractivity (Wildman–Crippen MR) is 109 cm³/mol. The molecule has 0 amide bonds. The van der Waals surface area contributed by atoms with E-state index in [1.807, 2.05) is 45.0 Å². The molecule has 0 radical (unpaired) electrons. The van der Waals surface area contributed by atoms with E-state index in [1.54, 1.807) is 0 Å². The summed E-state index contributed by atoms with van der Waals surface area (Å²) < 4.78 is 7.84. The lowest BCUT2D eigenvalue weighted by Gasteiger charge is -2.20. The van der Waals surface area contributed by atoms with Crippen LogP contribution in [0.4, 0.5) is 0 Å². The van der Waals surface area contributed by atoms with Gasteiger partial charge in [-0.15, -0.1) is 0 Å². The number of rotatable bonds is 4. The Balaban J connectivity index is 2.19. The van der Waals surface area contributed by atoms with Crippen LogP contribution < -0.4 is 5.56 Å². The smallest absolute Gasteiger partial charge is 0.287 e. The number of hydrogen-bond acceptors (Lipinski definition) is 3. The fraction of sp³-hybridized carbons (Fsp3) is 0.368. The number of nitrogens with zero attached hydrogens (tertiary/aromatic N) is 2. The lowest BCUT2D eigenvalue weighted by Crippen LogP contribution is -2.36. The molecule has 0 aliphatic carbocycles. The van der Waals surface area contributed by atoms with Crippen molar-refractivity contribution in [1.82, 2.24) is 9.78 Å². The van der Waals surface area contributed by atoms with Gasteiger partial charge < -0.3 is 4.74 Å². The fourth-order valence-corrected chi connectivity index (χ4v) is 2.55. The normalized spacial score (nSPS) is 11.1. The third-order valence-corrected chi connectivity index (χ3v) is 4.15. The SMILES string of the molecule is CC(C)(C)n1ncc(C#Cc2ccc(COCCI)cc2)c(Cl)c1=O. The van der Waals surface area contributed by atoms with E-state index in [0.717, 1.165) is 22.2 Å². The summed E-state index contributed by atoms with van der Waals surface area (Å²) in [5.74, 6) is 5.95. The molecule has 0 saturated carbocycles. The summed E-state index contributed by atoms with van der Waals surface area (Å²) in [7, 11) is 0. The van der Waals surface area contributed by atoms with Crippen molar-refractivity contribution in [3.8, 4) is 11.8 Å². The number of hydrogen-bond donors (Lipinski definition) is 0. The van der Waals surface area contributed by atoms with E-state index in [1.165, 1.54) is 10.9 Å². The highest BCUT2D eigenvalue weighted by Gasteiger charge is 2.18. The molecule has 0 saturated heterocycles. The highest BCUT2D eigenvalue weighted by Crippen LogP contribution is 2.13. The maximum absolute atomic E-state index is 12.3. The largest absolute Gasteiger partial charge is 0.376 e. The monoisotopic (exact) mass is 470 g/mol. The second-order valence-corrected chi connectivity index (χ2v) is 7.91. The summed E-state index contributed by atoms with van der Waals surface area (Å²) in [5, 5.41) is 4.28. The molecule has 0 unspecified atom stereocenters. The van der Waals surface area contributed by atoms with E-state index in [2.05, 4.69) is 39.5 Å². The lowest BCUT2D eigenvalue weighted by atomic mass is 10.1. The summed E-state index contributed by atoms with van der Waals surface area (Å²) >= 11 is 8.45. The van der Waals surface area contributed by atoms with E-state index in [9.17, 15) is 4.79 Å². The Bertz CT molecular complexity index is 843. The van der Waals surface area contributed by atoms with Gasteiger partial charge in [0.25, 0.3) is 5.56 Å². The molecule has 1 aromatic heterocycles. The highest BCUT2D eigenvalue weighted by molar-refractivity contribution is 14.1. The summed E-state index contributed by atoms with van der Waals surface area (Å²) in [6.45, 7) is 7.03. The van der Waals surface area contributed by atoms with Gasteiger partial charge in [-0.1, -0.05) is 58.2 Å². The van der Waals surface area contributed by atoms with Gasteiger partial charge in [0.1, 0.15) is 5.02 Å². The summed E-state index contributed by atoms with van der Waals surface area (Å²) in [6.07, 6.45) is 1.54. The van der Waals surface area contributed by atoms with Crippen molar-refractivity contribution in [2.75, 3.05) is 11.0 Å². The second kappa shape index (κ2) is 8.84. The molecule has 132 valence electrons. The van der Waals surface area contributed by atoms with E-state index in [-0.39, 0.29) is 10.6 Å². The minimum absolute atomic E-state index is 0.0984. The molecule has 2 aromatic rings. The molecule has 0 fully saturated rings. The Kier molecular flexibility index (Phi) is 7.05. The van der Waals surface area contributed by atoms with Crippen molar-refractivity contribution >= 4 is 34.2 Å². The van der Waals surface area contributed by atoms with Crippen molar-refractivity contribution in [2.24, 2.45) is 0 Å². The molecule has 6 heteroatoms. The van der Waals surface area contributed by atoms with Crippen LogP contribution in [0, 0.1) is 11.8 Å². The molecule has 0 bridgehead atoms. The maximum atomic E-state index is 12.3. The Hall–Kier alpha value is -1.36. The van der Waals surface area contributed by atoms with Crippen LogP contribution in [0.15, 0.2) is 35.3 Å². The van der Waals surface area contributed by atoms with Crippen LogP contribution in [0.3, 0.4) is 0 Å². The molecule has 0 N–H and O–H groups in total. The van der Waals surface area contributed by atoms with Gasteiger partial charge in [-0.05, 0) is 38.5 Å². The first-order valence-electron chi connectivity index (χ1n) is 7.86. The number of benzene rings is 1. The van der Waals surface area contributed by atoms with Crippen LogP contribution in [0.25, 0.3) is 0 Å². The summed E-state index contributed by atoms with van der Waals surface area (Å²) in [5.41, 5.74) is 1.61. The predicted octanol–water partition coefficient (Wildman–Crippen LogP) is 4.00. The second-order valence-electron chi connectivity index (χ2n) is 6.45. The average molecular weight is 471 g/mol. The third kappa shape index (κ3) is 5.56. The number of aromatic nitrogens is 2. The Morgan fingerprint density at radius 2 is 1.92 bits per heavy atom. The molecule has 1 aromatic carbocycles. The van der Waals surface area contributed by atoms with Gasteiger partial charge in [-0.2, -0.15) is 5.10 Å². The molecular formula is C19H20ClIN2O2. The van der Waals surface area contributed by atoms with Gasteiger partial charge >= 0.3 is 0 Å². The van der Waals surface area contributed by atoms with Crippen LogP contribution in [0.2, 0.25) is 5.02 Å². The van der Waals surface area contributed by atoms with Gasteiger partial charge in [-0.3, -0.25) is 4.79 Å². The maximum Gasteiger partial charge on any atom is 0.287 e. The number of halogens is 2. The molecule has 4 nitrogen and oxygen atoms in total. The van der Waals surface area contributed by atoms with Gasteiger partial charge in [0.05, 0.1) is 30.5 Å². The van der Waals surface area contributed by atoms with E-state index in [4.69, 9.17) is 16.3 Å². The van der Waals surface area contributed by atoms with Gasteiger partial charge in [0.15, 0.2) is 0 Å². The van der Waals surface area contributed by atoms with Gasteiger partial charge in [-0.25, -0.2) is 4.68 Å². The molecule has 0 spiro atoms. The third-order valence-electron chi connectivity index (χ3n) is 3.34. The first-order chi connectivity index (χ1) is 11.8. The van der Waals surface area contributed by atoms with Crippen molar-refractivity contribution in [1.29, 1.82) is 0 Å². The number of ether oxygens (including phenoxy) is 1. The van der Waals surface area contributed by atoms with E-state index < -0.39 is 5.54 Å². The molecule has 0 aliphatic heterocycles. The minimum atomic E-state index is -0.429. The zero-order valence-corrected chi connectivity index (χ0v) is 17.4. The first-order valence-corrected chi connectivity index (χ1v) is 9.76. The molecule has 25 heavy (non-hydrogen) atoms. The van der Waals surface area contributed by atoms with Crippen molar-refractivity contribution in [2.45, 2.75) is 32.9 Å². The van der Waals surface area contributed by atoms with Crippen molar-refractivity contribution < 1.29 is 4.74 Å². The van der Waals surface area contributed by atoms with Crippen LogP contribution in [0.5, 0.6) is 0 Å². The molecule has 0 atom stereocenters. The van der Waals surface area contributed by atoms with E-state index >= 15 is 0 Å². The topological polar surface area (TPSA) is 44.1 Å². The minimum Gasteiger partial charge on any atom is -0.376 e. The Morgan fingerprint density at radius 1 is 1.24 bits per heavy atom. The van der Waals surface area contributed by atoms with E-state index in [0.29, 0.717) is 12.2 Å². The molecule has 1 heterocycles. The van der Waals surface area contributed by atoms with Crippen LogP contribution in [-0.2, 0) is 16.9 Å². The Morgan fingerprint density at radius 3 is 2.52 bits per heavy atom. The highest BCUT2D eigenvalue weighted by atomic mass is 127. The quantitative estimate of drug-likeness (QED) is 0.294. The van der Waals surface area contributed by atoms with Crippen LogP contribution in [-0.4, -0.2) is 20.8 Å². The lowest BCUT2D eigenvalue weighted by molar-refractivity contribution is 0.138. The van der Waals surface area contributed by atoms with Gasteiger partial charge in [0.2, 0.25) is 0 Å². The zero-order valence-electron chi connectivity index (χ0n) is 14.5. The first kappa shape index (κ1) is 20.0. The summed E-state index contributed by atoms with van der Waals surface area (Å²) in [4.78, 5) is 12.3. The van der Waals surface area contributed by atoms with Crippen molar-refractivity contribution in [3.63, 3.8) is 0 Å². The number of alkyl halides is 1. The zero-order chi connectivity index (χ0) is 18.4. The molecular weight excluding hydrogens is 451 g/mol. The van der Waals surface area contributed by atoms with Gasteiger partial charge in [0, 0.05) is 9.99 Å². The average Bonchev–Trinajstić information content (AvgIpc) is 2.56. The summed E-state index contributed by atoms with van der Waals surface area (Å²) in [6, 6.07) is 7.81. The van der Waals surface area contributed by atoms with Crippen LogP contribution in [0.1, 0.15) is 37.5 Å². The van der Waals surface area contributed by atoms with Crippen LogP contribution >= 0.6 is 34.2 Å². The fourth-order valence-electron chi connectivity index (χ4n) is 2.07. The molecule has 0 aliphatic rings. The molecule has 2 rings (SSSR count).